The molecule has 5 aromatic rings. The average molecular weight is 552 g/mol. The Bertz CT molecular complexity index is 1520. The van der Waals surface area contributed by atoms with Crippen molar-refractivity contribution in [2.75, 3.05) is 0 Å². The number of aromatic hydroxyl groups is 2. The molecule has 0 spiro atoms. The predicted molar refractivity (Wildman–Crippen MR) is 149 cm³/mol. The number of aromatic nitrogens is 1. The minimum atomic E-state index is -0.390. The van der Waals surface area contributed by atoms with Gasteiger partial charge in [0.1, 0.15) is 11.5 Å². The zero-order valence-corrected chi connectivity index (χ0v) is 21.1. The summed E-state index contributed by atoms with van der Waals surface area (Å²) in [7, 11) is 0. The number of halogens is 1. The largest absolute Gasteiger partial charge is 0.507 e. The van der Waals surface area contributed by atoms with E-state index in [2.05, 4.69) is 67.4 Å². The third-order valence-corrected chi connectivity index (χ3v) is 6.51. The van der Waals surface area contributed by atoms with Crippen molar-refractivity contribution in [2.24, 2.45) is 5.10 Å². The number of rotatable bonds is 6. The highest BCUT2D eigenvalue weighted by atomic mass is 79.9. The Hall–Kier alpha value is -4.62. The van der Waals surface area contributed by atoms with E-state index in [0.717, 1.165) is 28.2 Å². The van der Waals surface area contributed by atoms with Crippen LogP contribution in [0.1, 0.15) is 15.9 Å². The monoisotopic (exact) mass is 551 g/mol. The lowest BCUT2D eigenvalue weighted by Crippen LogP contribution is -2.17. The van der Waals surface area contributed by atoms with Crippen LogP contribution in [0.4, 0.5) is 0 Å². The van der Waals surface area contributed by atoms with Gasteiger partial charge < -0.3 is 14.8 Å². The Morgan fingerprint density at radius 2 is 1.32 bits per heavy atom. The number of hydrogen-bond acceptors (Lipinski definition) is 4. The highest BCUT2D eigenvalue weighted by molar-refractivity contribution is 9.10. The Balaban J connectivity index is 1.42. The second-order valence-electron chi connectivity index (χ2n) is 8.28. The number of nitrogens with one attached hydrogen (secondary N) is 1. The molecule has 0 aliphatic heterocycles. The van der Waals surface area contributed by atoms with Gasteiger partial charge in [0, 0.05) is 22.9 Å². The quantitative estimate of drug-likeness (QED) is 0.161. The Kier molecular flexibility index (Phi) is 6.87. The molecule has 0 saturated carbocycles. The van der Waals surface area contributed by atoms with Crippen molar-refractivity contribution < 1.29 is 15.0 Å². The van der Waals surface area contributed by atoms with Crippen LogP contribution in [0, 0.1) is 0 Å². The van der Waals surface area contributed by atoms with Crippen LogP contribution >= 0.6 is 15.9 Å². The first kappa shape index (κ1) is 24.1. The van der Waals surface area contributed by atoms with Crippen molar-refractivity contribution >= 4 is 28.1 Å². The number of nitrogens with zero attached hydrogens (tertiary/aromatic N) is 2. The smallest absolute Gasteiger partial charge is 0.271 e. The van der Waals surface area contributed by atoms with Gasteiger partial charge in [-0.05, 0) is 69.5 Å². The molecule has 0 saturated heterocycles. The summed E-state index contributed by atoms with van der Waals surface area (Å²) in [5, 5.41) is 23.5. The molecule has 37 heavy (non-hydrogen) atoms. The van der Waals surface area contributed by atoms with E-state index in [4.69, 9.17) is 0 Å². The van der Waals surface area contributed by atoms with E-state index < -0.39 is 0 Å². The van der Waals surface area contributed by atoms with Crippen LogP contribution in [-0.2, 0) is 0 Å². The number of hydrogen-bond donors (Lipinski definition) is 3. The summed E-state index contributed by atoms with van der Waals surface area (Å²) in [5.74, 6) is -0.635. The number of phenolic OH excluding ortho intramolecular Hbond substituents is 2. The lowest BCUT2D eigenvalue weighted by atomic mass is 10.1. The molecule has 6 nitrogen and oxygen atoms in total. The summed E-state index contributed by atoms with van der Waals surface area (Å²) in [4.78, 5) is 12.7. The maximum Gasteiger partial charge on any atom is 0.271 e. The molecule has 1 heterocycles. The van der Waals surface area contributed by atoms with Crippen molar-refractivity contribution in [3.05, 3.63) is 125 Å². The zero-order chi connectivity index (χ0) is 25.8. The van der Waals surface area contributed by atoms with E-state index >= 15 is 0 Å². The lowest BCUT2D eigenvalue weighted by Gasteiger charge is -2.15. The van der Waals surface area contributed by atoms with Gasteiger partial charge in [-0.15, -0.1) is 0 Å². The maximum atomic E-state index is 12.7. The molecule has 5 rings (SSSR count). The third-order valence-electron chi connectivity index (χ3n) is 5.87. The molecule has 0 fully saturated rings. The van der Waals surface area contributed by atoms with E-state index in [9.17, 15) is 15.0 Å². The van der Waals surface area contributed by atoms with Gasteiger partial charge in [-0.2, -0.15) is 5.10 Å². The normalized spacial score (nSPS) is 11.1. The van der Waals surface area contributed by atoms with E-state index in [1.165, 1.54) is 18.3 Å². The van der Waals surface area contributed by atoms with Crippen molar-refractivity contribution in [3.63, 3.8) is 0 Å². The number of carbonyl (C=O) groups is 1. The first-order valence-corrected chi connectivity index (χ1v) is 12.3. The highest BCUT2D eigenvalue weighted by Crippen LogP contribution is 2.33. The van der Waals surface area contributed by atoms with Gasteiger partial charge in [-0.25, -0.2) is 5.43 Å². The predicted octanol–water partition coefficient (Wildman–Crippen LogP) is 6.75. The molecule has 182 valence electrons. The molecule has 3 N–H and O–H groups in total. The summed E-state index contributed by atoms with van der Waals surface area (Å²) in [6.07, 6.45) is 1.31. The van der Waals surface area contributed by atoms with Gasteiger partial charge in [0.2, 0.25) is 0 Å². The number of benzene rings is 4. The van der Waals surface area contributed by atoms with Crippen molar-refractivity contribution in [3.8, 4) is 39.7 Å². The molecule has 0 bridgehead atoms. The zero-order valence-electron chi connectivity index (χ0n) is 19.5. The van der Waals surface area contributed by atoms with Crippen molar-refractivity contribution in [1.82, 2.24) is 9.99 Å². The third kappa shape index (κ3) is 5.17. The van der Waals surface area contributed by atoms with Gasteiger partial charge in [0.25, 0.3) is 5.91 Å². The fourth-order valence-electron chi connectivity index (χ4n) is 4.04. The van der Waals surface area contributed by atoms with E-state index in [1.807, 2.05) is 48.5 Å². The molecule has 0 aliphatic rings. The fourth-order valence-corrected chi connectivity index (χ4v) is 4.40. The summed E-state index contributed by atoms with van der Waals surface area (Å²) >= 11 is 3.19. The van der Waals surface area contributed by atoms with Crippen molar-refractivity contribution in [1.29, 1.82) is 0 Å². The average Bonchev–Trinajstić information content (AvgIpc) is 3.38. The maximum absolute atomic E-state index is 12.7. The second kappa shape index (κ2) is 10.6. The standard InChI is InChI=1S/C30H22BrN3O3/c31-25-17-23(28(35)18-29(25)36)19-32-33-30(37)22-11-13-24(14-12-22)34-26(20-7-3-1-4-8-20)15-16-27(34)21-9-5-2-6-10-21/h1-19,35-36H,(H,33,37)/b32-19-. The summed E-state index contributed by atoms with van der Waals surface area (Å²) in [6.45, 7) is 0. The van der Waals surface area contributed by atoms with E-state index in [0.29, 0.717) is 15.6 Å². The molecule has 0 atom stereocenters. The molecule has 1 aromatic heterocycles. The Morgan fingerprint density at radius 3 is 1.89 bits per heavy atom. The molecule has 0 radical (unpaired) electrons. The van der Waals surface area contributed by atoms with E-state index in [1.54, 1.807) is 12.1 Å². The van der Waals surface area contributed by atoms with Crippen molar-refractivity contribution in [2.45, 2.75) is 0 Å². The molecule has 7 heteroatoms. The van der Waals surface area contributed by atoms with Crippen LogP contribution in [0.2, 0.25) is 0 Å². The number of phenols is 2. The van der Waals surface area contributed by atoms with Crippen LogP contribution in [0.3, 0.4) is 0 Å². The van der Waals surface area contributed by atoms with Crippen LogP contribution < -0.4 is 5.43 Å². The van der Waals surface area contributed by atoms with Crippen LogP contribution in [0.25, 0.3) is 28.2 Å². The van der Waals surface area contributed by atoms with Gasteiger partial charge in [0.15, 0.2) is 0 Å². The first-order chi connectivity index (χ1) is 18.0. The van der Waals surface area contributed by atoms with Crippen LogP contribution in [-0.4, -0.2) is 26.9 Å². The minimum Gasteiger partial charge on any atom is -0.507 e. The van der Waals surface area contributed by atoms with Gasteiger partial charge in [0.05, 0.1) is 22.1 Å². The Labute approximate surface area is 222 Å². The topological polar surface area (TPSA) is 86.8 Å². The lowest BCUT2D eigenvalue weighted by molar-refractivity contribution is 0.0955. The Morgan fingerprint density at radius 1 is 0.757 bits per heavy atom. The summed E-state index contributed by atoms with van der Waals surface area (Å²) in [5.41, 5.74) is 8.43. The molecular weight excluding hydrogens is 530 g/mol. The molecule has 0 aliphatic carbocycles. The van der Waals surface area contributed by atoms with Gasteiger partial charge in [-0.1, -0.05) is 60.7 Å². The summed E-state index contributed by atoms with van der Waals surface area (Å²) in [6, 6.07) is 34.5. The summed E-state index contributed by atoms with van der Waals surface area (Å²) < 4.78 is 2.58. The molecular formula is C30H22BrN3O3. The molecule has 0 unspecified atom stereocenters. The second-order valence-corrected chi connectivity index (χ2v) is 9.13. The van der Waals surface area contributed by atoms with Gasteiger partial charge >= 0.3 is 0 Å². The number of carbonyl (C=O) groups excluding carboxylic acids is 1. The highest BCUT2D eigenvalue weighted by Gasteiger charge is 2.14. The number of amides is 1. The van der Waals surface area contributed by atoms with Crippen LogP contribution in [0.5, 0.6) is 11.5 Å². The fraction of sp³-hybridized carbons (Fsp3) is 0. The number of hydrazone groups is 1. The van der Waals surface area contributed by atoms with E-state index in [-0.39, 0.29) is 17.4 Å². The molecule has 4 aromatic carbocycles. The SMILES string of the molecule is O=C(N/N=C\c1cc(Br)c(O)cc1O)c1ccc(-n2c(-c3ccccc3)ccc2-c2ccccc2)cc1. The van der Waals surface area contributed by atoms with Gasteiger partial charge in [-0.3, -0.25) is 4.79 Å². The minimum absolute atomic E-state index is 0.0905. The first-order valence-electron chi connectivity index (χ1n) is 11.5. The van der Waals surface area contributed by atoms with Crippen LogP contribution in [0.15, 0.2) is 119 Å². The molecule has 1 amide bonds.